The summed E-state index contributed by atoms with van der Waals surface area (Å²) in [7, 11) is -3.57. The number of piperidine rings is 1. The molecule has 0 saturated carbocycles. The summed E-state index contributed by atoms with van der Waals surface area (Å²) in [5.41, 5.74) is 1.48. The van der Waals surface area contributed by atoms with Crippen molar-refractivity contribution in [2.75, 3.05) is 23.7 Å². The second-order valence-corrected chi connectivity index (χ2v) is 9.71. The molecular weight excluding hydrogens is 388 g/mol. The van der Waals surface area contributed by atoms with Crippen LogP contribution in [0.3, 0.4) is 0 Å². The molecule has 1 unspecified atom stereocenters. The number of imidazole rings is 1. The van der Waals surface area contributed by atoms with E-state index in [1.807, 2.05) is 37.1 Å². The van der Waals surface area contributed by atoms with Crippen LogP contribution in [0.25, 0.3) is 0 Å². The maximum atomic E-state index is 13.2. The molecule has 8 heteroatoms. The van der Waals surface area contributed by atoms with E-state index in [0.29, 0.717) is 12.2 Å². The maximum absolute atomic E-state index is 13.2. The van der Waals surface area contributed by atoms with Crippen molar-refractivity contribution in [1.29, 1.82) is 0 Å². The molecule has 7 nitrogen and oxygen atoms in total. The first-order valence-electron chi connectivity index (χ1n) is 10.1. The van der Waals surface area contributed by atoms with Gasteiger partial charge in [0.1, 0.15) is 12.4 Å². The second-order valence-electron chi connectivity index (χ2n) is 7.80. The van der Waals surface area contributed by atoms with Crippen LogP contribution in [0.15, 0.2) is 36.7 Å². The van der Waals surface area contributed by atoms with Crippen LogP contribution in [0.4, 0.5) is 5.69 Å². The number of aryl methyl sites for hydroxylation is 3. The summed E-state index contributed by atoms with van der Waals surface area (Å²) in [5.74, 6) is 0.824. The van der Waals surface area contributed by atoms with Gasteiger partial charge in [0.05, 0.1) is 11.9 Å². The molecule has 1 amide bonds. The topological polar surface area (TPSA) is 75.5 Å². The lowest BCUT2D eigenvalue weighted by atomic mass is 9.99. The molecule has 1 aliphatic rings. The monoisotopic (exact) mass is 418 g/mol. The van der Waals surface area contributed by atoms with Gasteiger partial charge >= 0.3 is 0 Å². The fraction of sp³-hybridized carbons (Fsp3) is 0.524. The van der Waals surface area contributed by atoms with E-state index in [-0.39, 0.29) is 18.5 Å². The van der Waals surface area contributed by atoms with Gasteiger partial charge in [0.15, 0.2) is 0 Å². The molecule has 0 N–H and O–H groups in total. The van der Waals surface area contributed by atoms with E-state index in [2.05, 4.69) is 9.55 Å². The molecule has 1 fully saturated rings. The van der Waals surface area contributed by atoms with Gasteiger partial charge < -0.3 is 9.47 Å². The molecule has 1 aromatic heterocycles. The number of aromatic nitrogens is 2. The van der Waals surface area contributed by atoms with Crippen LogP contribution in [0, 0.1) is 13.8 Å². The molecule has 1 aromatic carbocycles. The summed E-state index contributed by atoms with van der Waals surface area (Å²) < 4.78 is 28.1. The van der Waals surface area contributed by atoms with Crippen LogP contribution in [0.5, 0.6) is 0 Å². The molecule has 1 atom stereocenters. The van der Waals surface area contributed by atoms with Crippen LogP contribution in [-0.4, -0.2) is 54.2 Å². The van der Waals surface area contributed by atoms with Crippen molar-refractivity contribution < 1.29 is 13.2 Å². The fourth-order valence-electron chi connectivity index (χ4n) is 3.95. The van der Waals surface area contributed by atoms with Crippen LogP contribution in [0.1, 0.15) is 37.1 Å². The van der Waals surface area contributed by atoms with Gasteiger partial charge in [-0.15, -0.1) is 0 Å². The minimum absolute atomic E-state index is 0.122. The highest BCUT2D eigenvalue weighted by molar-refractivity contribution is 7.92. The fourth-order valence-corrected chi connectivity index (χ4v) is 4.80. The SMILES string of the molecule is Cc1cccc(N(CC(=O)N2CCCCC2CCn2ccnc2C)S(C)(=O)=O)c1. The molecule has 2 heterocycles. The smallest absolute Gasteiger partial charge is 0.243 e. The van der Waals surface area contributed by atoms with Gasteiger partial charge in [-0.05, 0) is 57.2 Å². The Kier molecular flexibility index (Phi) is 6.62. The number of rotatable bonds is 7. The minimum atomic E-state index is -3.57. The number of hydrogen-bond donors (Lipinski definition) is 0. The van der Waals surface area contributed by atoms with Gasteiger partial charge in [0.25, 0.3) is 0 Å². The summed E-state index contributed by atoms with van der Waals surface area (Å²) in [4.78, 5) is 19.3. The Hall–Kier alpha value is -2.35. The van der Waals surface area contributed by atoms with Gasteiger partial charge in [-0.2, -0.15) is 0 Å². The molecule has 0 radical (unpaired) electrons. The van der Waals surface area contributed by atoms with Crippen LogP contribution in [-0.2, 0) is 21.4 Å². The predicted molar refractivity (Wildman–Crippen MR) is 114 cm³/mol. The Bertz CT molecular complexity index is 954. The number of nitrogens with zero attached hydrogens (tertiary/aromatic N) is 4. The number of sulfonamides is 1. The molecule has 0 spiro atoms. The summed E-state index contributed by atoms with van der Waals surface area (Å²) in [6, 6.07) is 7.37. The minimum Gasteiger partial charge on any atom is -0.338 e. The Morgan fingerprint density at radius 1 is 1.28 bits per heavy atom. The number of likely N-dealkylation sites (tertiary alicyclic amines) is 1. The van der Waals surface area contributed by atoms with E-state index >= 15 is 0 Å². The van der Waals surface area contributed by atoms with Crippen LogP contribution in [0.2, 0.25) is 0 Å². The van der Waals surface area contributed by atoms with Crippen LogP contribution < -0.4 is 4.31 Å². The number of amides is 1. The van der Waals surface area contributed by atoms with Crippen molar-refractivity contribution in [2.45, 2.75) is 52.1 Å². The van der Waals surface area contributed by atoms with Crippen molar-refractivity contribution in [3.8, 4) is 0 Å². The van der Waals surface area contributed by atoms with Gasteiger partial charge in [-0.3, -0.25) is 9.10 Å². The number of anilines is 1. The van der Waals surface area contributed by atoms with E-state index in [1.54, 1.807) is 18.3 Å². The van der Waals surface area contributed by atoms with Gasteiger partial charge in [0, 0.05) is 31.5 Å². The van der Waals surface area contributed by atoms with Crippen molar-refractivity contribution in [1.82, 2.24) is 14.5 Å². The van der Waals surface area contributed by atoms with Crippen molar-refractivity contribution in [3.05, 3.63) is 48.0 Å². The van der Waals surface area contributed by atoms with Crippen molar-refractivity contribution in [3.63, 3.8) is 0 Å². The molecular formula is C21H30N4O3S. The highest BCUT2D eigenvalue weighted by Gasteiger charge is 2.30. The van der Waals surface area contributed by atoms with Gasteiger partial charge in [0.2, 0.25) is 15.9 Å². The van der Waals surface area contributed by atoms with Crippen molar-refractivity contribution >= 4 is 21.6 Å². The molecule has 1 saturated heterocycles. The van der Waals surface area contributed by atoms with Crippen LogP contribution >= 0.6 is 0 Å². The predicted octanol–water partition coefficient (Wildman–Crippen LogP) is 2.74. The quantitative estimate of drug-likeness (QED) is 0.693. The number of benzene rings is 1. The third kappa shape index (κ3) is 5.38. The molecule has 0 aliphatic carbocycles. The molecule has 0 bridgehead atoms. The first kappa shape index (κ1) is 21.4. The van der Waals surface area contributed by atoms with E-state index < -0.39 is 10.0 Å². The van der Waals surface area contributed by atoms with Gasteiger partial charge in [-0.1, -0.05) is 12.1 Å². The van der Waals surface area contributed by atoms with Crippen molar-refractivity contribution in [2.24, 2.45) is 0 Å². The summed E-state index contributed by atoms with van der Waals surface area (Å²) in [6.45, 7) is 5.19. The lowest BCUT2D eigenvalue weighted by molar-refractivity contribution is -0.133. The average molecular weight is 419 g/mol. The Labute approximate surface area is 173 Å². The molecule has 158 valence electrons. The number of carbonyl (C=O) groups is 1. The lowest BCUT2D eigenvalue weighted by Gasteiger charge is -2.37. The Morgan fingerprint density at radius 3 is 2.72 bits per heavy atom. The third-order valence-corrected chi connectivity index (χ3v) is 6.68. The Morgan fingerprint density at radius 2 is 2.07 bits per heavy atom. The molecule has 29 heavy (non-hydrogen) atoms. The maximum Gasteiger partial charge on any atom is 0.243 e. The van der Waals surface area contributed by atoms with Gasteiger partial charge in [-0.25, -0.2) is 13.4 Å². The zero-order valence-corrected chi connectivity index (χ0v) is 18.2. The largest absolute Gasteiger partial charge is 0.338 e. The summed E-state index contributed by atoms with van der Waals surface area (Å²) >= 11 is 0. The van der Waals surface area contributed by atoms with E-state index in [1.165, 1.54) is 4.31 Å². The van der Waals surface area contributed by atoms with E-state index in [0.717, 1.165) is 49.9 Å². The highest BCUT2D eigenvalue weighted by Crippen LogP contribution is 2.23. The zero-order chi connectivity index (χ0) is 21.0. The van der Waals surface area contributed by atoms with E-state index in [9.17, 15) is 13.2 Å². The molecule has 3 rings (SSSR count). The number of hydrogen-bond acceptors (Lipinski definition) is 4. The second kappa shape index (κ2) is 8.98. The zero-order valence-electron chi connectivity index (χ0n) is 17.4. The van der Waals surface area contributed by atoms with E-state index in [4.69, 9.17) is 0 Å². The Balaban J connectivity index is 1.74. The lowest BCUT2D eigenvalue weighted by Crippen LogP contribution is -2.49. The first-order valence-corrected chi connectivity index (χ1v) is 11.9. The average Bonchev–Trinajstić information content (AvgIpc) is 3.08. The third-order valence-electron chi connectivity index (χ3n) is 5.54. The standard InChI is InChI=1S/C21H30N4O3S/c1-17-7-6-9-20(15-17)25(29(3,27)28)16-21(26)24-12-5-4-8-19(24)10-13-23-14-11-22-18(23)2/h6-7,9,11,14-15,19H,4-5,8,10,12-13,16H2,1-3H3. The summed E-state index contributed by atoms with van der Waals surface area (Å²) in [5, 5.41) is 0. The normalized spacial score (nSPS) is 17.3. The number of carbonyl (C=O) groups excluding carboxylic acids is 1. The highest BCUT2D eigenvalue weighted by atomic mass is 32.2. The molecule has 1 aliphatic heterocycles. The first-order chi connectivity index (χ1) is 13.8. The summed E-state index contributed by atoms with van der Waals surface area (Å²) in [6.07, 6.45) is 8.71. The molecule has 2 aromatic rings.